The number of benzene rings is 1. The largest absolute Gasteiger partial charge is 0.444 e. The van der Waals surface area contributed by atoms with E-state index in [1.807, 2.05) is 0 Å². The van der Waals surface area contributed by atoms with Crippen molar-refractivity contribution in [2.24, 2.45) is 17.8 Å². The molecule has 6 N–H and O–H groups in total. The minimum absolute atomic E-state index is 0.0438. The summed E-state index contributed by atoms with van der Waals surface area (Å²) in [5.74, 6) is -6.93. The highest BCUT2D eigenvalue weighted by atomic mass is 16.6. The maximum absolute atomic E-state index is 14.6. The summed E-state index contributed by atoms with van der Waals surface area (Å²) in [6, 6.07) is 3.08. The number of nitrogens with one attached hydrogen (secondary N) is 6. The third-order valence-electron chi connectivity index (χ3n) is 13.0. The summed E-state index contributed by atoms with van der Waals surface area (Å²) in [6.45, 7) is 5.84. The number of hydrogen-bond acceptors (Lipinski definition) is 12. The number of nitrogens with zero attached hydrogens (tertiary/aromatic N) is 4. The molecular formula is C50H72N10O10. The van der Waals surface area contributed by atoms with Crippen molar-refractivity contribution in [1.29, 1.82) is 0 Å². The molecular weight excluding hydrogens is 901 g/mol. The van der Waals surface area contributed by atoms with Crippen molar-refractivity contribution >= 4 is 53.2 Å². The van der Waals surface area contributed by atoms with E-state index >= 15 is 0 Å². The lowest BCUT2D eigenvalue weighted by atomic mass is 9.82. The second kappa shape index (κ2) is 25.9. The summed E-state index contributed by atoms with van der Waals surface area (Å²) >= 11 is 0. The predicted molar refractivity (Wildman–Crippen MR) is 257 cm³/mol. The summed E-state index contributed by atoms with van der Waals surface area (Å²) in [5, 5.41) is 16.4. The zero-order chi connectivity index (χ0) is 51.0. The van der Waals surface area contributed by atoms with Crippen LogP contribution in [0.25, 0.3) is 0 Å². The number of amides is 8. The first-order valence-electron chi connectivity index (χ1n) is 24.7. The number of likely N-dealkylation sites (N-methyl/N-ethyl adjacent to an activating group) is 1. The highest BCUT2D eigenvalue weighted by Gasteiger charge is 2.44. The molecule has 20 heteroatoms. The zero-order valence-corrected chi connectivity index (χ0v) is 41.4. The van der Waals surface area contributed by atoms with Crippen molar-refractivity contribution in [2.45, 2.75) is 147 Å². The van der Waals surface area contributed by atoms with E-state index in [4.69, 9.17) is 4.74 Å². The normalized spacial score (nSPS) is 19.3. The molecule has 6 atom stereocenters. The monoisotopic (exact) mass is 973 g/mol. The third kappa shape index (κ3) is 16.0. The van der Waals surface area contributed by atoms with Crippen LogP contribution in [0, 0.1) is 17.8 Å². The topological polar surface area (TPSA) is 267 Å². The second-order valence-corrected chi connectivity index (χ2v) is 19.9. The highest BCUT2D eigenvalue weighted by Crippen LogP contribution is 2.30. The summed E-state index contributed by atoms with van der Waals surface area (Å²) in [5.41, 5.74) is -0.329. The Kier molecular flexibility index (Phi) is 20.2. The van der Waals surface area contributed by atoms with Gasteiger partial charge in [0.05, 0.1) is 30.7 Å². The summed E-state index contributed by atoms with van der Waals surface area (Å²) in [4.78, 5) is 134. The van der Waals surface area contributed by atoms with E-state index in [-0.39, 0.29) is 37.0 Å². The number of aromatic nitrogens is 2. The van der Waals surface area contributed by atoms with Crippen LogP contribution < -0.4 is 31.9 Å². The number of ether oxygens (including phenoxy) is 1. The Hall–Kier alpha value is -6.47. The van der Waals surface area contributed by atoms with Crippen LogP contribution in [0.5, 0.6) is 0 Å². The molecule has 5 rings (SSSR count). The van der Waals surface area contributed by atoms with E-state index in [1.165, 1.54) is 28.4 Å². The van der Waals surface area contributed by atoms with Gasteiger partial charge in [-0.25, -0.2) is 9.78 Å². The molecule has 382 valence electrons. The first-order valence-corrected chi connectivity index (χ1v) is 24.7. The van der Waals surface area contributed by atoms with Crippen molar-refractivity contribution in [3.63, 3.8) is 0 Å². The number of carbonyl (C=O) groups is 9. The number of hydrogen-bond donors (Lipinski definition) is 6. The minimum atomic E-state index is -1.34. The average molecular weight is 973 g/mol. The Morgan fingerprint density at radius 3 is 2.09 bits per heavy atom. The zero-order valence-electron chi connectivity index (χ0n) is 41.4. The quantitative estimate of drug-likeness (QED) is 0.105. The Balaban J connectivity index is 1.33. The van der Waals surface area contributed by atoms with E-state index in [1.54, 1.807) is 72.1 Å². The lowest BCUT2D eigenvalue weighted by molar-refractivity contribution is -0.141. The van der Waals surface area contributed by atoms with Gasteiger partial charge in [0.25, 0.3) is 11.8 Å². The van der Waals surface area contributed by atoms with Gasteiger partial charge in [-0.1, -0.05) is 95.0 Å². The highest BCUT2D eigenvalue weighted by molar-refractivity contribution is 6.38. The fraction of sp³-hybridized carbons (Fsp3) is 0.620. The fourth-order valence-electron chi connectivity index (χ4n) is 9.37. The van der Waals surface area contributed by atoms with Crippen molar-refractivity contribution in [3.05, 3.63) is 60.2 Å². The van der Waals surface area contributed by atoms with E-state index in [0.29, 0.717) is 31.2 Å². The first-order chi connectivity index (χ1) is 33.3. The smallest absolute Gasteiger partial charge is 0.410 e. The van der Waals surface area contributed by atoms with Gasteiger partial charge in [-0.05, 0) is 63.9 Å². The van der Waals surface area contributed by atoms with E-state index in [9.17, 15) is 43.2 Å². The van der Waals surface area contributed by atoms with Crippen LogP contribution in [-0.4, -0.2) is 136 Å². The maximum atomic E-state index is 14.6. The molecule has 1 aromatic carbocycles. The van der Waals surface area contributed by atoms with Crippen LogP contribution >= 0.6 is 0 Å². The Morgan fingerprint density at radius 2 is 1.47 bits per heavy atom. The van der Waals surface area contributed by atoms with Crippen LogP contribution in [0.4, 0.5) is 4.79 Å². The molecule has 3 aliphatic rings. The van der Waals surface area contributed by atoms with Gasteiger partial charge in [-0.3, -0.25) is 43.3 Å². The Labute approximate surface area is 410 Å². The van der Waals surface area contributed by atoms with Crippen LogP contribution in [0.3, 0.4) is 0 Å². The molecule has 8 amide bonds. The van der Waals surface area contributed by atoms with Gasteiger partial charge >= 0.3 is 6.09 Å². The molecule has 70 heavy (non-hydrogen) atoms. The average Bonchev–Trinajstić information content (AvgIpc) is 3.77. The maximum Gasteiger partial charge on any atom is 0.410 e. The molecule has 1 aromatic heterocycles. The lowest BCUT2D eigenvalue weighted by Crippen LogP contribution is -2.59. The molecule has 1 saturated heterocycles. The summed E-state index contributed by atoms with van der Waals surface area (Å²) in [7, 11) is 3.08. The van der Waals surface area contributed by atoms with Crippen molar-refractivity contribution < 1.29 is 47.9 Å². The molecule has 0 spiro atoms. The second-order valence-electron chi connectivity index (χ2n) is 19.9. The number of likely N-dealkylation sites (tertiary alicyclic amines) is 1. The minimum Gasteiger partial charge on any atom is -0.444 e. The number of Topliss-reactive ketones (excluding diaryl/α,β-unsaturated/α-hetero) is 1. The predicted octanol–water partition coefficient (Wildman–Crippen LogP) is 2.88. The van der Waals surface area contributed by atoms with Crippen molar-refractivity contribution in [3.8, 4) is 0 Å². The van der Waals surface area contributed by atoms with Crippen LogP contribution in [0.2, 0.25) is 0 Å². The van der Waals surface area contributed by atoms with Gasteiger partial charge in [-0.2, -0.15) is 0 Å². The van der Waals surface area contributed by atoms with Crippen molar-refractivity contribution in [1.82, 2.24) is 51.7 Å². The van der Waals surface area contributed by atoms with Gasteiger partial charge in [0.15, 0.2) is 0 Å². The lowest BCUT2D eigenvalue weighted by Gasteiger charge is -2.33. The van der Waals surface area contributed by atoms with Gasteiger partial charge in [-0.15, -0.1) is 0 Å². The fourth-order valence-corrected chi connectivity index (χ4v) is 9.37. The molecule has 2 saturated carbocycles. The molecule has 1 aliphatic heterocycles. The number of rotatable bonds is 20. The molecule has 0 bridgehead atoms. The summed E-state index contributed by atoms with van der Waals surface area (Å²) in [6.07, 6.45) is 13.0. The Bertz CT molecular complexity index is 2140. The standard InChI is InChI=1S/C50H72N10O10/c1-7-17-35(42(62)47(67)53-28-39(61)57-41(48(68)59(5)6)33-22-15-10-16-23-33)54-43(63)34-29-60(49(69)70-50(2,3)4)30-38(34)56-44(64)36(26-31-18-11-8-12-19-31)55-46(66)40(32-20-13-9-14-21-32)58-45(65)37-27-51-24-25-52-37/h10,15-16,22-25,27,31-32,34-36,38,40-41H,7-9,11-14,17-21,26,28-30H2,1-6H3,(H,53,67)(H,54,63)(H,55,66)(H,56,64)(H,57,61)(H,58,65)/t34-,35+,36?,38+,40+,41+/m1/s1. The van der Waals surface area contributed by atoms with E-state index in [2.05, 4.69) is 41.9 Å². The van der Waals surface area contributed by atoms with Gasteiger partial charge in [0.2, 0.25) is 35.3 Å². The van der Waals surface area contributed by atoms with Crippen LogP contribution in [0.15, 0.2) is 48.9 Å². The first kappa shape index (κ1) is 54.5. The van der Waals surface area contributed by atoms with Crippen molar-refractivity contribution in [2.75, 3.05) is 33.7 Å². The molecule has 2 aromatic rings. The molecule has 0 radical (unpaired) electrons. The molecule has 1 unspecified atom stereocenters. The number of ketones is 1. The summed E-state index contributed by atoms with van der Waals surface area (Å²) < 4.78 is 5.64. The number of carbonyl (C=O) groups excluding carboxylic acids is 9. The molecule has 2 heterocycles. The third-order valence-corrected chi connectivity index (χ3v) is 13.0. The van der Waals surface area contributed by atoms with Crippen LogP contribution in [-0.2, 0) is 38.3 Å². The Morgan fingerprint density at radius 1 is 0.800 bits per heavy atom. The molecule has 2 aliphatic carbocycles. The molecule has 3 fully saturated rings. The van der Waals surface area contributed by atoms with Crippen LogP contribution in [0.1, 0.15) is 133 Å². The van der Waals surface area contributed by atoms with Gasteiger partial charge in [0.1, 0.15) is 29.4 Å². The van der Waals surface area contributed by atoms with Gasteiger partial charge in [0, 0.05) is 39.6 Å². The van der Waals surface area contributed by atoms with E-state index < -0.39 is 101 Å². The van der Waals surface area contributed by atoms with Gasteiger partial charge < -0.3 is 46.4 Å². The van der Waals surface area contributed by atoms with E-state index in [0.717, 1.165) is 51.4 Å². The SMILES string of the molecule is CCC[C@H](NC(=O)[C@@H]1CN(C(=O)OC(C)(C)C)C[C@@H]1NC(=O)C(CC1CCCCC1)NC(=O)[C@@H](NC(=O)c1cnccn1)C1CCCCC1)C(=O)C(=O)NCC(=O)N[C@H](C(=O)N(C)C)c1ccccc1. The molecule has 20 nitrogen and oxygen atoms in total.